The van der Waals surface area contributed by atoms with Crippen molar-refractivity contribution in [3.63, 3.8) is 0 Å². The van der Waals surface area contributed by atoms with Crippen molar-refractivity contribution in [2.75, 3.05) is 7.11 Å². The summed E-state index contributed by atoms with van der Waals surface area (Å²) in [6.07, 6.45) is 4.61. The highest BCUT2D eigenvalue weighted by molar-refractivity contribution is 5.49. The highest BCUT2D eigenvalue weighted by Crippen LogP contribution is 2.33. The highest BCUT2D eigenvalue weighted by atomic mass is 16.5. The Morgan fingerprint density at radius 2 is 2.05 bits per heavy atom. The van der Waals surface area contributed by atoms with Gasteiger partial charge < -0.3 is 10.5 Å². The second kappa shape index (κ2) is 6.06. The van der Waals surface area contributed by atoms with Gasteiger partial charge in [-0.25, -0.2) is 0 Å². The van der Waals surface area contributed by atoms with E-state index in [2.05, 4.69) is 31.8 Å². The summed E-state index contributed by atoms with van der Waals surface area (Å²) in [7, 11) is 1.69. The summed E-state index contributed by atoms with van der Waals surface area (Å²) in [5, 5.41) is 0. The topological polar surface area (TPSA) is 48.1 Å². The van der Waals surface area contributed by atoms with Gasteiger partial charge in [0.25, 0.3) is 0 Å². The molecule has 0 fully saturated rings. The molecule has 0 spiro atoms. The highest BCUT2D eigenvalue weighted by Gasteiger charge is 2.19. The van der Waals surface area contributed by atoms with Gasteiger partial charge in [0, 0.05) is 18.0 Å². The lowest BCUT2D eigenvalue weighted by atomic mass is 9.91. The molecule has 3 nitrogen and oxygen atoms in total. The first-order chi connectivity index (χ1) is 9.58. The summed E-state index contributed by atoms with van der Waals surface area (Å²) in [6.45, 7) is 6.26. The fraction of sp³-hybridized carbons (Fsp3) is 0.353. The van der Waals surface area contributed by atoms with E-state index in [1.807, 2.05) is 18.3 Å². The molecule has 0 amide bonds. The zero-order valence-electron chi connectivity index (χ0n) is 12.6. The first-order valence-electron chi connectivity index (χ1n) is 6.92. The Hall–Kier alpha value is -1.87. The van der Waals surface area contributed by atoms with E-state index in [0.29, 0.717) is 0 Å². The molecule has 0 aliphatic carbocycles. The van der Waals surface area contributed by atoms with Crippen LogP contribution in [-0.2, 0) is 6.42 Å². The van der Waals surface area contributed by atoms with Gasteiger partial charge in [-0.15, -0.1) is 0 Å². The van der Waals surface area contributed by atoms with Crippen molar-refractivity contribution < 1.29 is 4.74 Å². The van der Waals surface area contributed by atoms with E-state index in [4.69, 9.17) is 10.5 Å². The number of rotatable bonds is 4. The van der Waals surface area contributed by atoms with Crippen LogP contribution in [0.1, 0.15) is 40.8 Å². The standard InChI is InChI=1S/C17H22N2O/c1-5-13-10-19-7-6-14(13)17(18)16-12(3)8-11(2)9-15(16)20-4/h6-10,17H,5,18H2,1-4H3. The fourth-order valence-corrected chi connectivity index (χ4v) is 2.70. The molecule has 1 aromatic heterocycles. The van der Waals surface area contributed by atoms with Crippen molar-refractivity contribution in [2.24, 2.45) is 5.73 Å². The minimum absolute atomic E-state index is 0.191. The van der Waals surface area contributed by atoms with E-state index < -0.39 is 0 Å². The quantitative estimate of drug-likeness (QED) is 0.927. The molecule has 3 heteroatoms. The summed E-state index contributed by atoms with van der Waals surface area (Å²) in [4.78, 5) is 4.18. The van der Waals surface area contributed by atoms with Gasteiger partial charge in [-0.05, 0) is 54.7 Å². The molecule has 1 unspecified atom stereocenters. The van der Waals surface area contributed by atoms with Crippen LogP contribution in [0.4, 0.5) is 0 Å². The predicted molar refractivity (Wildman–Crippen MR) is 82.1 cm³/mol. The third-order valence-electron chi connectivity index (χ3n) is 3.68. The molecule has 0 aliphatic heterocycles. The van der Waals surface area contributed by atoms with Gasteiger partial charge in [0.1, 0.15) is 5.75 Å². The lowest BCUT2D eigenvalue weighted by Gasteiger charge is -2.21. The zero-order valence-corrected chi connectivity index (χ0v) is 12.6. The zero-order chi connectivity index (χ0) is 14.7. The van der Waals surface area contributed by atoms with Gasteiger partial charge in [0.05, 0.1) is 13.2 Å². The Kier molecular flexibility index (Phi) is 4.40. The van der Waals surface area contributed by atoms with Crippen molar-refractivity contribution in [1.82, 2.24) is 4.98 Å². The molecule has 0 aliphatic rings. The second-order valence-electron chi connectivity index (χ2n) is 5.10. The Morgan fingerprint density at radius 3 is 2.70 bits per heavy atom. The van der Waals surface area contributed by atoms with E-state index in [1.54, 1.807) is 13.3 Å². The average Bonchev–Trinajstić information content (AvgIpc) is 2.45. The summed E-state index contributed by atoms with van der Waals surface area (Å²) >= 11 is 0. The molecule has 0 bridgehead atoms. The Bertz CT molecular complexity index is 608. The van der Waals surface area contributed by atoms with Crippen LogP contribution in [0.3, 0.4) is 0 Å². The maximum absolute atomic E-state index is 6.51. The van der Waals surface area contributed by atoms with Gasteiger partial charge in [-0.1, -0.05) is 13.0 Å². The van der Waals surface area contributed by atoms with E-state index in [-0.39, 0.29) is 6.04 Å². The third kappa shape index (κ3) is 2.68. The number of aryl methyl sites for hydroxylation is 3. The molecule has 2 aromatic rings. The molecule has 1 atom stereocenters. The molecule has 2 rings (SSSR count). The van der Waals surface area contributed by atoms with Crippen molar-refractivity contribution in [3.8, 4) is 5.75 Å². The number of aromatic nitrogens is 1. The second-order valence-corrected chi connectivity index (χ2v) is 5.10. The maximum atomic E-state index is 6.51. The van der Waals surface area contributed by atoms with Crippen molar-refractivity contribution in [3.05, 3.63) is 58.4 Å². The number of ether oxygens (including phenoxy) is 1. The van der Waals surface area contributed by atoms with Crippen molar-refractivity contribution >= 4 is 0 Å². The number of benzene rings is 1. The van der Waals surface area contributed by atoms with Gasteiger partial charge in [-0.2, -0.15) is 0 Å². The van der Waals surface area contributed by atoms with Gasteiger partial charge in [-0.3, -0.25) is 4.98 Å². The molecule has 1 heterocycles. The largest absolute Gasteiger partial charge is 0.496 e. The third-order valence-corrected chi connectivity index (χ3v) is 3.68. The van der Waals surface area contributed by atoms with Gasteiger partial charge in [0.15, 0.2) is 0 Å². The average molecular weight is 270 g/mol. The molecular weight excluding hydrogens is 248 g/mol. The molecule has 20 heavy (non-hydrogen) atoms. The van der Waals surface area contributed by atoms with Crippen LogP contribution in [0.15, 0.2) is 30.6 Å². The fourth-order valence-electron chi connectivity index (χ4n) is 2.70. The molecule has 1 aromatic carbocycles. The number of methoxy groups -OCH3 is 1. The van der Waals surface area contributed by atoms with Crippen molar-refractivity contribution in [1.29, 1.82) is 0 Å². The maximum Gasteiger partial charge on any atom is 0.124 e. The summed E-state index contributed by atoms with van der Waals surface area (Å²) in [5.41, 5.74) is 12.2. The minimum Gasteiger partial charge on any atom is -0.496 e. The Morgan fingerprint density at radius 1 is 1.30 bits per heavy atom. The Labute approximate surface area is 120 Å². The van der Waals surface area contributed by atoms with Crippen LogP contribution < -0.4 is 10.5 Å². The molecule has 0 saturated carbocycles. The van der Waals surface area contributed by atoms with Crippen LogP contribution in [0, 0.1) is 13.8 Å². The van der Waals surface area contributed by atoms with Crippen LogP contribution in [-0.4, -0.2) is 12.1 Å². The van der Waals surface area contributed by atoms with Crippen LogP contribution in [0.25, 0.3) is 0 Å². The normalized spacial score (nSPS) is 12.2. The first kappa shape index (κ1) is 14.5. The predicted octanol–water partition coefficient (Wildman–Crippen LogP) is 3.32. The van der Waals surface area contributed by atoms with Crippen LogP contribution in [0.2, 0.25) is 0 Å². The molecule has 0 radical (unpaired) electrons. The number of hydrogen-bond donors (Lipinski definition) is 1. The van der Waals surface area contributed by atoms with E-state index in [9.17, 15) is 0 Å². The van der Waals surface area contributed by atoms with E-state index in [0.717, 1.165) is 28.9 Å². The smallest absolute Gasteiger partial charge is 0.124 e. The van der Waals surface area contributed by atoms with Crippen molar-refractivity contribution in [2.45, 2.75) is 33.2 Å². The summed E-state index contributed by atoms with van der Waals surface area (Å²) in [6, 6.07) is 5.99. The van der Waals surface area contributed by atoms with Gasteiger partial charge in [0.2, 0.25) is 0 Å². The van der Waals surface area contributed by atoms with Gasteiger partial charge >= 0.3 is 0 Å². The SMILES string of the molecule is CCc1cnccc1C(N)c1c(C)cc(C)cc1OC. The number of pyridine rings is 1. The first-order valence-corrected chi connectivity index (χ1v) is 6.92. The van der Waals surface area contributed by atoms with Crippen LogP contribution in [0.5, 0.6) is 5.75 Å². The monoisotopic (exact) mass is 270 g/mol. The molecule has 2 N–H and O–H groups in total. The molecule has 0 saturated heterocycles. The summed E-state index contributed by atoms with van der Waals surface area (Å²) in [5.74, 6) is 0.855. The Balaban J connectivity index is 2.56. The lowest BCUT2D eigenvalue weighted by Crippen LogP contribution is -2.16. The lowest BCUT2D eigenvalue weighted by molar-refractivity contribution is 0.407. The number of hydrogen-bond acceptors (Lipinski definition) is 3. The van der Waals surface area contributed by atoms with E-state index >= 15 is 0 Å². The number of nitrogens with zero attached hydrogens (tertiary/aromatic N) is 1. The van der Waals surface area contributed by atoms with E-state index in [1.165, 1.54) is 11.1 Å². The van der Waals surface area contributed by atoms with Crippen LogP contribution >= 0.6 is 0 Å². The number of nitrogens with two attached hydrogens (primary N) is 1. The summed E-state index contributed by atoms with van der Waals surface area (Å²) < 4.78 is 5.53. The molecule has 106 valence electrons. The minimum atomic E-state index is -0.191. The molecular formula is C17H22N2O.